The third-order valence-corrected chi connectivity index (χ3v) is 3.53. The molecule has 5 heteroatoms. The fraction of sp³-hybridized carbons (Fsp3) is 0.125. The minimum Gasteiger partial charge on any atom is -0.492 e. The second kappa shape index (κ2) is 5.58. The van der Waals surface area contributed by atoms with Crippen molar-refractivity contribution in [2.45, 2.75) is 0 Å². The molecule has 1 amide bonds. The van der Waals surface area contributed by atoms with Crippen molar-refractivity contribution in [1.29, 1.82) is 0 Å². The normalized spacial score (nSPS) is 13.5. The van der Waals surface area contributed by atoms with E-state index in [2.05, 4.69) is 0 Å². The van der Waals surface area contributed by atoms with E-state index < -0.39 is 11.7 Å². The molecule has 4 nitrogen and oxygen atoms in total. The number of rotatable bonds is 4. The fourth-order valence-corrected chi connectivity index (χ4v) is 2.38. The molecule has 0 atom stereocenters. The van der Waals surface area contributed by atoms with Crippen LogP contribution >= 0.6 is 11.6 Å². The third-order valence-electron chi connectivity index (χ3n) is 3.28. The van der Waals surface area contributed by atoms with E-state index in [1.165, 1.54) is 4.90 Å². The molecule has 1 aliphatic rings. The largest absolute Gasteiger partial charge is 0.492 e. The minimum absolute atomic E-state index is 0.301. The van der Waals surface area contributed by atoms with Gasteiger partial charge in [0.2, 0.25) is 0 Å². The molecule has 0 saturated heterocycles. The van der Waals surface area contributed by atoms with E-state index in [1.807, 2.05) is 0 Å². The molecule has 1 heterocycles. The van der Waals surface area contributed by atoms with E-state index in [9.17, 15) is 9.59 Å². The van der Waals surface area contributed by atoms with Gasteiger partial charge in [0.1, 0.15) is 12.4 Å². The number of para-hydroxylation sites is 1. The second-order valence-corrected chi connectivity index (χ2v) is 5.04. The molecular weight excluding hydrogens is 290 g/mol. The van der Waals surface area contributed by atoms with Crippen molar-refractivity contribution in [3.8, 4) is 5.75 Å². The van der Waals surface area contributed by atoms with E-state index in [0.29, 0.717) is 35.2 Å². The zero-order chi connectivity index (χ0) is 14.8. The van der Waals surface area contributed by atoms with E-state index >= 15 is 0 Å². The van der Waals surface area contributed by atoms with Gasteiger partial charge in [-0.15, -0.1) is 0 Å². The lowest BCUT2D eigenvalue weighted by molar-refractivity contribution is -0.114. The summed E-state index contributed by atoms with van der Waals surface area (Å²) in [4.78, 5) is 25.2. The van der Waals surface area contributed by atoms with Crippen LogP contribution in [0.1, 0.15) is 10.4 Å². The molecule has 0 radical (unpaired) electrons. The number of amides is 1. The van der Waals surface area contributed by atoms with Gasteiger partial charge in [-0.05, 0) is 36.4 Å². The van der Waals surface area contributed by atoms with Gasteiger partial charge in [0.25, 0.3) is 11.7 Å². The Bertz CT molecular complexity index is 697. The molecular formula is C16H12ClNO3. The molecule has 106 valence electrons. The van der Waals surface area contributed by atoms with Crippen molar-refractivity contribution in [1.82, 2.24) is 0 Å². The summed E-state index contributed by atoms with van der Waals surface area (Å²) in [6, 6.07) is 14.0. The van der Waals surface area contributed by atoms with Crippen LogP contribution in [0.25, 0.3) is 0 Å². The van der Waals surface area contributed by atoms with Gasteiger partial charge in [-0.1, -0.05) is 23.7 Å². The van der Waals surface area contributed by atoms with Crippen LogP contribution in [0.2, 0.25) is 5.02 Å². The SMILES string of the molecule is O=C1C(=O)N(CCOc2ccc(Cl)cc2)c2ccccc21. The molecule has 1 aliphatic heterocycles. The van der Waals surface area contributed by atoms with Gasteiger partial charge in [-0.3, -0.25) is 9.59 Å². The van der Waals surface area contributed by atoms with E-state index in [-0.39, 0.29) is 0 Å². The summed E-state index contributed by atoms with van der Waals surface area (Å²) in [7, 11) is 0. The highest BCUT2D eigenvalue weighted by Crippen LogP contribution is 2.28. The highest BCUT2D eigenvalue weighted by Gasteiger charge is 2.34. The number of carbonyl (C=O) groups is 2. The smallest absolute Gasteiger partial charge is 0.299 e. The molecule has 0 aromatic heterocycles. The Labute approximate surface area is 126 Å². The first-order chi connectivity index (χ1) is 10.2. The van der Waals surface area contributed by atoms with Crippen molar-refractivity contribution in [2.24, 2.45) is 0 Å². The Morgan fingerprint density at radius 2 is 1.71 bits per heavy atom. The fourth-order valence-electron chi connectivity index (χ4n) is 2.26. The summed E-state index contributed by atoms with van der Waals surface area (Å²) in [5, 5.41) is 0.636. The lowest BCUT2D eigenvalue weighted by Gasteiger charge is -2.16. The highest BCUT2D eigenvalue weighted by atomic mass is 35.5. The average Bonchev–Trinajstić information content (AvgIpc) is 2.75. The minimum atomic E-state index is -0.504. The van der Waals surface area contributed by atoms with E-state index in [0.717, 1.165) is 0 Å². The number of ether oxygens (including phenoxy) is 1. The van der Waals surface area contributed by atoms with Gasteiger partial charge >= 0.3 is 0 Å². The van der Waals surface area contributed by atoms with Crippen molar-refractivity contribution < 1.29 is 14.3 Å². The Morgan fingerprint density at radius 1 is 1.00 bits per heavy atom. The van der Waals surface area contributed by atoms with Gasteiger partial charge in [-0.25, -0.2) is 0 Å². The molecule has 0 bridgehead atoms. The molecule has 3 rings (SSSR count). The Hall–Kier alpha value is -2.33. The topological polar surface area (TPSA) is 46.6 Å². The third kappa shape index (κ3) is 2.62. The quantitative estimate of drug-likeness (QED) is 0.816. The lowest BCUT2D eigenvalue weighted by atomic mass is 10.1. The van der Waals surface area contributed by atoms with Crippen molar-refractivity contribution in [2.75, 3.05) is 18.1 Å². The zero-order valence-electron chi connectivity index (χ0n) is 11.1. The maximum Gasteiger partial charge on any atom is 0.299 e. The first-order valence-corrected chi connectivity index (χ1v) is 6.88. The van der Waals surface area contributed by atoms with Crippen LogP contribution in [0.3, 0.4) is 0 Å². The summed E-state index contributed by atoms with van der Waals surface area (Å²) < 4.78 is 5.56. The second-order valence-electron chi connectivity index (χ2n) is 4.61. The molecule has 2 aromatic carbocycles. The summed E-state index contributed by atoms with van der Waals surface area (Å²) in [5.41, 5.74) is 1.10. The van der Waals surface area contributed by atoms with Crippen LogP contribution in [0.5, 0.6) is 5.75 Å². The van der Waals surface area contributed by atoms with Gasteiger partial charge in [0, 0.05) is 5.02 Å². The number of ketones is 1. The first kappa shape index (κ1) is 13.6. The Morgan fingerprint density at radius 3 is 2.48 bits per heavy atom. The Kier molecular flexibility index (Phi) is 3.62. The number of carbonyl (C=O) groups excluding carboxylic acids is 2. The number of benzene rings is 2. The number of hydrogen-bond donors (Lipinski definition) is 0. The van der Waals surface area contributed by atoms with E-state index in [1.54, 1.807) is 48.5 Å². The van der Waals surface area contributed by atoms with Crippen molar-refractivity contribution in [3.63, 3.8) is 0 Å². The number of nitrogens with zero attached hydrogens (tertiary/aromatic N) is 1. The van der Waals surface area contributed by atoms with Gasteiger partial charge in [0.05, 0.1) is 17.8 Å². The number of anilines is 1. The molecule has 0 N–H and O–H groups in total. The summed E-state index contributed by atoms with van der Waals surface area (Å²) in [6.45, 7) is 0.624. The monoisotopic (exact) mass is 301 g/mol. The van der Waals surface area contributed by atoms with Gasteiger partial charge in [-0.2, -0.15) is 0 Å². The number of fused-ring (bicyclic) bond motifs is 1. The van der Waals surface area contributed by atoms with Crippen molar-refractivity contribution in [3.05, 3.63) is 59.1 Å². The highest BCUT2D eigenvalue weighted by molar-refractivity contribution is 6.52. The van der Waals surface area contributed by atoms with Gasteiger partial charge < -0.3 is 9.64 Å². The standard InChI is InChI=1S/C16H12ClNO3/c17-11-5-7-12(8-6-11)21-10-9-18-14-4-2-1-3-13(14)15(19)16(18)20/h1-8H,9-10H2. The maximum atomic E-state index is 12.0. The number of Topliss-reactive ketones (excluding diaryl/α,β-unsaturated/α-hetero) is 1. The summed E-state index contributed by atoms with van der Waals surface area (Å²) in [5.74, 6) is -0.293. The average molecular weight is 302 g/mol. The van der Waals surface area contributed by atoms with Gasteiger partial charge in [0.15, 0.2) is 0 Å². The van der Waals surface area contributed by atoms with Crippen LogP contribution in [0.15, 0.2) is 48.5 Å². The molecule has 2 aromatic rings. The number of hydrogen-bond acceptors (Lipinski definition) is 3. The number of halogens is 1. The van der Waals surface area contributed by atoms with Crippen molar-refractivity contribution >= 4 is 29.0 Å². The molecule has 0 spiro atoms. The zero-order valence-corrected chi connectivity index (χ0v) is 11.8. The molecule has 0 fully saturated rings. The van der Waals surface area contributed by atoms with Crippen LogP contribution in [-0.4, -0.2) is 24.8 Å². The first-order valence-electron chi connectivity index (χ1n) is 6.50. The predicted molar refractivity (Wildman–Crippen MR) is 80.1 cm³/mol. The maximum absolute atomic E-state index is 12.0. The Balaban J connectivity index is 1.67. The van der Waals surface area contributed by atoms with Crippen LogP contribution in [0.4, 0.5) is 5.69 Å². The predicted octanol–water partition coefficient (Wildman–Crippen LogP) is 2.95. The molecule has 21 heavy (non-hydrogen) atoms. The van der Waals surface area contributed by atoms with Crippen LogP contribution in [-0.2, 0) is 4.79 Å². The summed E-state index contributed by atoms with van der Waals surface area (Å²) in [6.07, 6.45) is 0. The van der Waals surface area contributed by atoms with Crippen LogP contribution in [0, 0.1) is 0 Å². The molecule has 0 unspecified atom stereocenters. The van der Waals surface area contributed by atoms with Crippen LogP contribution < -0.4 is 9.64 Å². The summed E-state index contributed by atoms with van der Waals surface area (Å²) >= 11 is 5.79. The van der Waals surface area contributed by atoms with E-state index in [4.69, 9.17) is 16.3 Å². The lowest BCUT2D eigenvalue weighted by Crippen LogP contribution is -2.33. The molecule has 0 saturated carbocycles. The molecule has 0 aliphatic carbocycles.